The Kier molecular flexibility index (Phi) is 4.50. The van der Waals surface area contributed by atoms with Crippen molar-refractivity contribution in [3.8, 4) is 5.75 Å². The topological polar surface area (TPSA) is 26.3 Å². The lowest BCUT2D eigenvalue weighted by Crippen LogP contribution is -2.04. The molecule has 0 unspecified atom stereocenters. The second kappa shape index (κ2) is 5.95. The Morgan fingerprint density at radius 2 is 2.11 bits per heavy atom. The first kappa shape index (κ1) is 14.4. The maximum Gasteiger partial charge on any atom is 0.178 e. The van der Waals surface area contributed by atoms with Crippen molar-refractivity contribution in [1.82, 2.24) is 0 Å². The van der Waals surface area contributed by atoms with Crippen LogP contribution in [0.3, 0.4) is 0 Å². The fraction of sp³-hybridized carbons (Fsp3) is 0.214. The lowest BCUT2D eigenvalue weighted by molar-refractivity contribution is 0.0996. The van der Waals surface area contributed by atoms with Gasteiger partial charge >= 0.3 is 0 Å². The molecule has 100 valence electrons. The number of rotatable bonds is 4. The molecule has 2 nitrogen and oxygen atoms in total. The van der Waals surface area contributed by atoms with Crippen LogP contribution in [-0.4, -0.2) is 12.9 Å². The van der Waals surface area contributed by atoms with Gasteiger partial charge in [-0.2, -0.15) is 0 Å². The van der Waals surface area contributed by atoms with E-state index in [-0.39, 0.29) is 12.2 Å². The van der Waals surface area contributed by atoms with Crippen molar-refractivity contribution in [3.05, 3.63) is 49.6 Å². The molecule has 0 aliphatic heterocycles. The largest absolute Gasteiger partial charge is 0.496 e. The van der Waals surface area contributed by atoms with Crippen LogP contribution in [0.25, 0.3) is 0 Å². The van der Waals surface area contributed by atoms with Gasteiger partial charge in [0.2, 0.25) is 0 Å². The van der Waals surface area contributed by atoms with E-state index < -0.39 is 0 Å². The number of methoxy groups -OCH3 is 1. The highest BCUT2D eigenvalue weighted by Gasteiger charge is 2.17. The summed E-state index contributed by atoms with van der Waals surface area (Å²) >= 11 is 13.4. The first-order valence-electron chi connectivity index (χ1n) is 5.62. The highest BCUT2D eigenvalue weighted by molar-refractivity contribution is 7.13. The Labute approximate surface area is 125 Å². The first-order valence-corrected chi connectivity index (χ1v) is 7.25. The van der Waals surface area contributed by atoms with E-state index in [0.29, 0.717) is 20.7 Å². The van der Waals surface area contributed by atoms with Crippen LogP contribution in [0.4, 0.5) is 0 Å². The molecule has 1 aromatic heterocycles. The molecule has 0 atom stereocenters. The second-order valence-electron chi connectivity index (χ2n) is 4.12. The summed E-state index contributed by atoms with van der Waals surface area (Å²) in [5.41, 5.74) is 1.69. The summed E-state index contributed by atoms with van der Waals surface area (Å²) in [6.45, 7) is 1.88. The van der Waals surface area contributed by atoms with Crippen molar-refractivity contribution in [1.29, 1.82) is 0 Å². The fourth-order valence-electron chi connectivity index (χ4n) is 1.76. The van der Waals surface area contributed by atoms with Gasteiger partial charge in [0.05, 0.1) is 17.0 Å². The third kappa shape index (κ3) is 3.11. The Hall–Kier alpha value is -1.03. The number of halogens is 2. The van der Waals surface area contributed by atoms with Crippen LogP contribution in [0, 0.1) is 6.92 Å². The highest BCUT2D eigenvalue weighted by atomic mass is 35.5. The molecule has 0 aliphatic carbocycles. The highest BCUT2D eigenvalue weighted by Crippen LogP contribution is 2.30. The molecule has 0 fully saturated rings. The van der Waals surface area contributed by atoms with Crippen molar-refractivity contribution >= 4 is 40.3 Å². The molecule has 0 saturated heterocycles. The van der Waals surface area contributed by atoms with Gasteiger partial charge in [0.25, 0.3) is 0 Å². The zero-order chi connectivity index (χ0) is 14.0. The molecule has 5 heteroatoms. The van der Waals surface area contributed by atoms with Crippen LogP contribution in [0.2, 0.25) is 10.0 Å². The van der Waals surface area contributed by atoms with E-state index in [1.807, 2.05) is 12.3 Å². The Bertz CT molecular complexity index is 620. The van der Waals surface area contributed by atoms with Crippen LogP contribution in [0.15, 0.2) is 23.6 Å². The number of Topliss-reactive ketones (excluding diaryl/α,β-unsaturated/α-hetero) is 1. The van der Waals surface area contributed by atoms with Gasteiger partial charge in [0, 0.05) is 17.0 Å². The second-order valence-corrected chi connectivity index (χ2v) is 5.81. The predicted molar refractivity (Wildman–Crippen MR) is 80.1 cm³/mol. The van der Waals surface area contributed by atoms with E-state index in [9.17, 15) is 4.79 Å². The van der Waals surface area contributed by atoms with Gasteiger partial charge in [-0.1, -0.05) is 23.2 Å². The third-order valence-corrected chi connectivity index (χ3v) is 4.72. The summed E-state index contributed by atoms with van der Waals surface area (Å²) in [5.74, 6) is 0.630. The summed E-state index contributed by atoms with van der Waals surface area (Å²) < 4.78 is 5.23. The minimum Gasteiger partial charge on any atom is -0.496 e. The van der Waals surface area contributed by atoms with Crippen molar-refractivity contribution in [2.75, 3.05) is 7.11 Å². The average Bonchev–Trinajstić information content (AvgIpc) is 2.70. The van der Waals surface area contributed by atoms with Gasteiger partial charge in [-0.25, -0.2) is 0 Å². The molecule has 0 saturated carbocycles. The number of carbonyl (C=O) groups excluding carboxylic acids is 1. The lowest BCUT2D eigenvalue weighted by Gasteiger charge is -2.08. The summed E-state index contributed by atoms with van der Waals surface area (Å²) in [6.07, 6.45) is 0.226. The molecule has 0 radical (unpaired) electrons. The predicted octanol–water partition coefficient (Wildman–Crippen LogP) is 4.80. The molecular weight excluding hydrogens is 303 g/mol. The van der Waals surface area contributed by atoms with E-state index in [1.165, 1.54) is 11.3 Å². The summed E-state index contributed by atoms with van der Waals surface area (Å²) in [5, 5.41) is 3.00. The zero-order valence-electron chi connectivity index (χ0n) is 10.5. The minimum absolute atomic E-state index is 0.0244. The third-order valence-electron chi connectivity index (χ3n) is 2.75. The van der Waals surface area contributed by atoms with Crippen LogP contribution in [0.1, 0.15) is 20.8 Å². The molecule has 2 aromatic rings. The van der Waals surface area contributed by atoms with E-state index in [4.69, 9.17) is 27.9 Å². The van der Waals surface area contributed by atoms with E-state index in [0.717, 1.165) is 11.1 Å². The van der Waals surface area contributed by atoms with Crippen LogP contribution < -0.4 is 4.74 Å². The van der Waals surface area contributed by atoms with E-state index in [2.05, 4.69) is 0 Å². The normalized spacial score (nSPS) is 10.5. The first-order chi connectivity index (χ1) is 9.02. The van der Waals surface area contributed by atoms with Gasteiger partial charge < -0.3 is 4.74 Å². The average molecular weight is 315 g/mol. The number of ketones is 1. The standard InChI is InChI=1S/C14H12Cl2O2S/c1-8-7-19-14(13(8)16)11(17)6-9-5-10(15)3-4-12(9)18-2/h3-5,7H,6H2,1-2H3. The number of hydrogen-bond acceptors (Lipinski definition) is 3. The molecule has 2 rings (SSSR count). The maximum atomic E-state index is 12.3. The molecule has 0 bridgehead atoms. The van der Waals surface area contributed by atoms with Gasteiger partial charge in [-0.05, 0) is 36.1 Å². The van der Waals surface area contributed by atoms with Gasteiger partial charge in [-0.3, -0.25) is 4.79 Å². The van der Waals surface area contributed by atoms with Crippen molar-refractivity contribution < 1.29 is 9.53 Å². The minimum atomic E-state index is -0.0244. The molecular formula is C14H12Cl2O2S. The number of aryl methyl sites for hydroxylation is 1. The quantitative estimate of drug-likeness (QED) is 0.758. The number of hydrogen-bond donors (Lipinski definition) is 0. The molecule has 0 aliphatic rings. The monoisotopic (exact) mass is 314 g/mol. The summed E-state index contributed by atoms with van der Waals surface area (Å²) in [4.78, 5) is 12.8. The Morgan fingerprint density at radius 1 is 1.37 bits per heavy atom. The Morgan fingerprint density at radius 3 is 2.68 bits per heavy atom. The molecule has 1 aromatic carbocycles. The van der Waals surface area contributed by atoms with Gasteiger partial charge in [-0.15, -0.1) is 11.3 Å². The zero-order valence-corrected chi connectivity index (χ0v) is 12.8. The number of benzene rings is 1. The van der Waals surface area contributed by atoms with Crippen LogP contribution in [-0.2, 0) is 6.42 Å². The number of carbonyl (C=O) groups is 1. The molecule has 19 heavy (non-hydrogen) atoms. The summed E-state index contributed by atoms with van der Waals surface area (Å²) in [7, 11) is 1.57. The van der Waals surface area contributed by atoms with Crippen LogP contribution >= 0.6 is 34.5 Å². The van der Waals surface area contributed by atoms with Gasteiger partial charge in [0.1, 0.15) is 5.75 Å². The van der Waals surface area contributed by atoms with Crippen LogP contribution in [0.5, 0.6) is 5.75 Å². The Balaban J connectivity index is 2.28. The summed E-state index contributed by atoms with van der Waals surface area (Å²) in [6, 6.07) is 5.23. The molecule has 0 amide bonds. The smallest absolute Gasteiger partial charge is 0.178 e. The van der Waals surface area contributed by atoms with Crippen molar-refractivity contribution in [2.45, 2.75) is 13.3 Å². The lowest BCUT2D eigenvalue weighted by atomic mass is 10.1. The SMILES string of the molecule is COc1ccc(Cl)cc1CC(=O)c1scc(C)c1Cl. The van der Waals surface area contributed by atoms with Crippen molar-refractivity contribution in [3.63, 3.8) is 0 Å². The van der Waals surface area contributed by atoms with Gasteiger partial charge in [0.15, 0.2) is 5.78 Å². The molecule has 0 spiro atoms. The van der Waals surface area contributed by atoms with E-state index >= 15 is 0 Å². The fourth-order valence-corrected chi connectivity index (χ4v) is 3.19. The number of ether oxygens (including phenoxy) is 1. The molecule has 0 N–H and O–H groups in total. The van der Waals surface area contributed by atoms with Crippen molar-refractivity contribution in [2.24, 2.45) is 0 Å². The number of thiophene rings is 1. The maximum absolute atomic E-state index is 12.3. The van der Waals surface area contributed by atoms with E-state index in [1.54, 1.807) is 25.3 Å². The molecule has 1 heterocycles.